The second-order valence-electron chi connectivity index (χ2n) is 7.11. The number of benzene rings is 1. The number of nitrogens with zero attached hydrogens (tertiary/aromatic N) is 2. The molecule has 2 aromatic rings. The van der Waals surface area contributed by atoms with Crippen molar-refractivity contribution >= 4 is 21.6 Å². The van der Waals surface area contributed by atoms with Crippen LogP contribution in [0.1, 0.15) is 40.7 Å². The third kappa shape index (κ3) is 3.89. The fourth-order valence-corrected chi connectivity index (χ4v) is 5.10. The van der Waals surface area contributed by atoms with Gasteiger partial charge in [-0.25, -0.2) is 13.1 Å². The number of sulfonamides is 1. The molecule has 1 aliphatic heterocycles. The maximum atomic E-state index is 12.9. The minimum atomic E-state index is -3.67. The van der Waals surface area contributed by atoms with Crippen LogP contribution in [0.2, 0.25) is 0 Å². The monoisotopic (exact) mass is 387 g/mol. The summed E-state index contributed by atoms with van der Waals surface area (Å²) in [7, 11) is -3.67. The molecule has 0 atom stereocenters. The molecule has 1 aliphatic rings. The molecule has 1 N–H and O–H groups in total. The lowest BCUT2D eigenvalue weighted by Crippen LogP contribution is -2.26. The van der Waals surface area contributed by atoms with Gasteiger partial charge in [0.2, 0.25) is 15.9 Å². The van der Waals surface area contributed by atoms with Gasteiger partial charge in [0.05, 0.1) is 16.8 Å². The zero-order valence-electron chi connectivity index (χ0n) is 16.2. The highest BCUT2D eigenvalue weighted by atomic mass is 32.2. The molecule has 1 fully saturated rings. The Balaban J connectivity index is 1.84. The van der Waals surface area contributed by atoms with Gasteiger partial charge in [0, 0.05) is 25.7 Å². The van der Waals surface area contributed by atoms with Crippen molar-refractivity contribution in [2.75, 3.05) is 11.4 Å². The number of aromatic nitrogens is 1. The van der Waals surface area contributed by atoms with Gasteiger partial charge in [-0.2, -0.15) is 0 Å². The highest BCUT2D eigenvalue weighted by Gasteiger charge is 2.24. The first-order valence-electron chi connectivity index (χ1n) is 9.02. The Labute approximate surface area is 160 Å². The first-order chi connectivity index (χ1) is 12.7. The lowest BCUT2D eigenvalue weighted by molar-refractivity contribution is -0.117. The van der Waals surface area contributed by atoms with E-state index in [4.69, 9.17) is 0 Å². The normalized spacial score (nSPS) is 14.8. The molecule has 27 heavy (non-hydrogen) atoms. The van der Waals surface area contributed by atoms with Crippen LogP contribution in [-0.2, 0) is 21.4 Å². The summed E-state index contributed by atoms with van der Waals surface area (Å²) < 4.78 is 28.6. The zero-order chi connectivity index (χ0) is 19.8. The quantitative estimate of drug-likeness (QED) is 0.855. The second kappa shape index (κ2) is 7.40. The largest absolute Gasteiger partial charge is 0.311 e. The lowest BCUT2D eigenvalue weighted by Gasteiger charge is -2.17. The van der Waals surface area contributed by atoms with Gasteiger partial charge >= 0.3 is 0 Å². The summed E-state index contributed by atoms with van der Waals surface area (Å²) in [4.78, 5) is 18.1. The summed E-state index contributed by atoms with van der Waals surface area (Å²) in [5, 5.41) is 0. The van der Waals surface area contributed by atoms with Crippen molar-refractivity contribution in [1.29, 1.82) is 0 Å². The highest BCUT2D eigenvalue weighted by molar-refractivity contribution is 7.89. The highest BCUT2D eigenvalue weighted by Crippen LogP contribution is 2.26. The topological polar surface area (TPSA) is 79.4 Å². The summed E-state index contributed by atoms with van der Waals surface area (Å²) in [6.45, 7) is 8.30. The van der Waals surface area contributed by atoms with Gasteiger partial charge in [-0.05, 0) is 68.0 Å². The number of anilines is 1. The Morgan fingerprint density at radius 2 is 1.74 bits per heavy atom. The summed E-state index contributed by atoms with van der Waals surface area (Å²) in [6, 6.07) is 3.82. The third-order valence-corrected chi connectivity index (χ3v) is 6.87. The van der Waals surface area contributed by atoms with Crippen LogP contribution < -0.4 is 9.62 Å². The van der Waals surface area contributed by atoms with E-state index >= 15 is 0 Å². The van der Waals surface area contributed by atoms with E-state index in [1.54, 1.807) is 17.3 Å². The number of pyridine rings is 1. The summed E-state index contributed by atoms with van der Waals surface area (Å²) in [5.74, 6) is 0.0796. The Hall–Kier alpha value is -2.25. The van der Waals surface area contributed by atoms with E-state index in [1.165, 1.54) is 0 Å². The Bertz CT molecular complexity index is 974. The summed E-state index contributed by atoms with van der Waals surface area (Å²) >= 11 is 0. The Morgan fingerprint density at radius 1 is 1.07 bits per heavy atom. The fourth-order valence-electron chi connectivity index (χ4n) is 3.47. The molecule has 1 aromatic carbocycles. The van der Waals surface area contributed by atoms with E-state index in [9.17, 15) is 13.2 Å². The number of amides is 1. The Morgan fingerprint density at radius 3 is 2.33 bits per heavy atom. The number of rotatable bonds is 5. The van der Waals surface area contributed by atoms with Crippen molar-refractivity contribution in [1.82, 2.24) is 9.71 Å². The van der Waals surface area contributed by atoms with Crippen LogP contribution in [0.5, 0.6) is 0 Å². The van der Waals surface area contributed by atoms with Crippen LogP contribution in [0.15, 0.2) is 29.4 Å². The molecule has 6 nitrogen and oxygen atoms in total. The van der Waals surface area contributed by atoms with E-state index in [1.807, 2.05) is 39.8 Å². The molecule has 2 heterocycles. The number of hydrogen-bond donors (Lipinski definition) is 1. The van der Waals surface area contributed by atoms with Crippen molar-refractivity contribution in [3.8, 4) is 0 Å². The second-order valence-corrected chi connectivity index (χ2v) is 8.82. The minimum Gasteiger partial charge on any atom is -0.311 e. The molecule has 0 aliphatic carbocycles. The van der Waals surface area contributed by atoms with Gasteiger partial charge < -0.3 is 4.90 Å². The van der Waals surface area contributed by atoms with Crippen molar-refractivity contribution in [3.63, 3.8) is 0 Å². The first-order valence-corrected chi connectivity index (χ1v) is 10.5. The Kier molecular flexibility index (Phi) is 5.35. The molecule has 0 spiro atoms. The van der Waals surface area contributed by atoms with Gasteiger partial charge in [0.25, 0.3) is 0 Å². The number of carbonyl (C=O) groups is 1. The lowest BCUT2D eigenvalue weighted by atomic mass is 10.0. The molecule has 0 saturated carbocycles. The van der Waals surface area contributed by atoms with Gasteiger partial charge in [-0.1, -0.05) is 6.07 Å². The minimum absolute atomic E-state index is 0.0796. The van der Waals surface area contributed by atoms with Crippen LogP contribution in [0.25, 0.3) is 0 Å². The van der Waals surface area contributed by atoms with Crippen molar-refractivity contribution < 1.29 is 13.2 Å². The summed E-state index contributed by atoms with van der Waals surface area (Å²) in [6.07, 6.45) is 4.64. The van der Waals surface area contributed by atoms with E-state index in [-0.39, 0.29) is 12.5 Å². The van der Waals surface area contributed by atoms with E-state index in [2.05, 4.69) is 9.71 Å². The zero-order valence-corrected chi connectivity index (χ0v) is 17.0. The van der Waals surface area contributed by atoms with Gasteiger partial charge in [0.15, 0.2) is 0 Å². The van der Waals surface area contributed by atoms with E-state index < -0.39 is 10.0 Å². The predicted octanol–water partition coefficient (Wildman–Crippen LogP) is 2.92. The van der Waals surface area contributed by atoms with Crippen LogP contribution in [-0.4, -0.2) is 25.9 Å². The molecule has 0 unspecified atom stereocenters. The molecule has 0 radical (unpaired) electrons. The van der Waals surface area contributed by atoms with Crippen LogP contribution >= 0.6 is 0 Å². The van der Waals surface area contributed by atoms with Crippen molar-refractivity contribution in [2.24, 2.45) is 0 Å². The smallest absolute Gasteiger partial charge is 0.241 e. The van der Waals surface area contributed by atoms with Crippen molar-refractivity contribution in [2.45, 2.75) is 52.0 Å². The predicted molar refractivity (Wildman–Crippen MR) is 105 cm³/mol. The molecule has 1 amide bonds. The number of aryl methyl sites for hydroxylation is 2. The number of carbonyl (C=O) groups excluding carboxylic acids is 1. The fraction of sp³-hybridized carbons (Fsp3) is 0.400. The molecular weight excluding hydrogens is 362 g/mol. The molecule has 3 rings (SSSR count). The van der Waals surface area contributed by atoms with Gasteiger partial charge in [0.1, 0.15) is 0 Å². The maximum absolute atomic E-state index is 12.9. The number of nitrogens with one attached hydrogen (secondary N) is 1. The average molecular weight is 388 g/mol. The van der Waals surface area contributed by atoms with E-state index in [0.717, 1.165) is 34.2 Å². The third-order valence-electron chi connectivity index (χ3n) is 5.20. The van der Waals surface area contributed by atoms with Crippen LogP contribution in [0, 0.1) is 27.7 Å². The molecule has 7 heteroatoms. The first kappa shape index (κ1) is 19.5. The van der Waals surface area contributed by atoms with Gasteiger partial charge in [-0.3, -0.25) is 9.78 Å². The van der Waals surface area contributed by atoms with E-state index in [0.29, 0.717) is 23.5 Å². The SMILES string of the molecule is Cc1cc(C)c(C)c(S(=O)(=O)NCc2cncc(N3CCCC3=O)c2)c1C. The average Bonchev–Trinajstić information content (AvgIpc) is 3.05. The van der Waals surface area contributed by atoms with Crippen LogP contribution in [0.4, 0.5) is 5.69 Å². The molecule has 1 saturated heterocycles. The number of hydrogen-bond acceptors (Lipinski definition) is 4. The molecular formula is C20H25N3O3S. The van der Waals surface area contributed by atoms with Crippen molar-refractivity contribution in [3.05, 3.63) is 52.3 Å². The molecule has 0 bridgehead atoms. The summed E-state index contributed by atoms with van der Waals surface area (Å²) in [5.41, 5.74) is 4.87. The maximum Gasteiger partial charge on any atom is 0.241 e. The molecule has 144 valence electrons. The standard InChI is InChI=1S/C20H25N3O3S/c1-13-8-14(2)16(4)20(15(13)3)27(25,26)22-11-17-9-18(12-21-10-17)23-7-5-6-19(23)24/h8-10,12,22H,5-7,11H2,1-4H3. The van der Waals surface area contributed by atoms with Gasteiger partial charge in [-0.15, -0.1) is 0 Å². The van der Waals surface area contributed by atoms with Crippen LogP contribution in [0.3, 0.4) is 0 Å². The molecule has 1 aromatic heterocycles.